The van der Waals surface area contributed by atoms with Crippen LogP contribution in [-0.2, 0) is 19.6 Å². The fraction of sp³-hybridized carbons (Fsp3) is 0.364. The lowest BCUT2D eigenvalue weighted by molar-refractivity contribution is -0.122. The van der Waals surface area contributed by atoms with Crippen molar-refractivity contribution in [3.63, 3.8) is 0 Å². The van der Waals surface area contributed by atoms with Crippen molar-refractivity contribution in [1.29, 1.82) is 0 Å². The van der Waals surface area contributed by atoms with Crippen LogP contribution in [0.25, 0.3) is 0 Å². The molecule has 2 aromatic rings. The lowest BCUT2D eigenvalue weighted by Gasteiger charge is -2.36. The summed E-state index contributed by atoms with van der Waals surface area (Å²) in [5.74, 6) is -1.88. The molecule has 12 heteroatoms. The number of anilines is 2. The van der Waals surface area contributed by atoms with Crippen molar-refractivity contribution in [3.8, 4) is 0 Å². The first kappa shape index (κ1) is 25.4. The topological polar surface area (TPSA) is 128 Å². The summed E-state index contributed by atoms with van der Waals surface area (Å²) in [6.07, 6.45) is 0. The smallest absolute Gasteiger partial charge is 0.335 e. The highest BCUT2D eigenvalue weighted by Crippen LogP contribution is 2.30. The first-order chi connectivity index (χ1) is 16.2. The number of hydrogen-bond acceptors (Lipinski definition) is 7. The monoisotopic (exact) mass is 494 g/mol. The molecule has 3 N–H and O–H groups in total. The van der Waals surface area contributed by atoms with Crippen molar-refractivity contribution in [2.75, 3.05) is 62.6 Å². The van der Waals surface area contributed by atoms with Gasteiger partial charge in [-0.15, -0.1) is 0 Å². The van der Waals surface area contributed by atoms with Crippen LogP contribution < -0.4 is 14.9 Å². The summed E-state index contributed by atoms with van der Waals surface area (Å²) in [5, 5.41) is 12.1. The van der Waals surface area contributed by atoms with Gasteiger partial charge in [0.1, 0.15) is 5.82 Å². The number of ether oxygens (including phenoxy) is 1. The van der Waals surface area contributed by atoms with Crippen LogP contribution in [0.5, 0.6) is 0 Å². The molecule has 0 spiro atoms. The van der Waals surface area contributed by atoms with E-state index in [9.17, 15) is 27.5 Å². The lowest BCUT2D eigenvalue weighted by Crippen LogP contribution is -2.49. The van der Waals surface area contributed by atoms with Gasteiger partial charge in [0.15, 0.2) is 0 Å². The SMILES string of the molecule is COCCNC(=O)CN1CCN(c2ccc(C(=O)O)cc2NS(=O)(=O)c2ccc(F)cc2)CC1. The van der Waals surface area contributed by atoms with Crippen LogP contribution in [0, 0.1) is 5.82 Å². The normalized spacial score (nSPS) is 14.6. The standard InChI is InChI=1S/C22H27FN4O6S/c1-33-13-8-24-21(28)15-26-9-11-27(12-10-26)20-7-2-16(22(29)30)14-19(20)25-34(31,32)18-5-3-17(23)4-6-18/h2-7,14,25H,8-13,15H2,1H3,(H,24,28)(H,29,30). The summed E-state index contributed by atoms with van der Waals surface area (Å²) in [6.45, 7) is 3.22. The van der Waals surface area contributed by atoms with Gasteiger partial charge in [0.25, 0.3) is 10.0 Å². The van der Waals surface area contributed by atoms with Crippen molar-refractivity contribution in [3.05, 3.63) is 53.8 Å². The van der Waals surface area contributed by atoms with E-state index in [0.717, 1.165) is 24.3 Å². The number of carboxylic acid groups (broad SMARTS) is 1. The number of nitrogens with zero attached hydrogens (tertiary/aromatic N) is 2. The van der Waals surface area contributed by atoms with Crippen molar-refractivity contribution >= 4 is 33.3 Å². The van der Waals surface area contributed by atoms with Crippen LogP contribution in [0.4, 0.5) is 15.8 Å². The molecule has 2 aromatic carbocycles. The predicted molar refractivity (Wildman–Crippen MR) is 124 cm³/mol. The minimum absolute atomic E-state index is 0.0769. The third kappa shape index (κ3) is 6.65. The Bertz CT molecular complexity index is 1120. The molecule has 0 unspecified atom stereocenters. The number of hydrogen-bond donors (Lipinski definition) is 3. The second kappa shape index (κ2) is 11.3. The minimum atomic E-state index is -4.08. The highest BCUT2D eigenvalue weighted by atomic mass is 32.2. The van der Waals surface area contributed by atoms with E-state index < -0.39 is 21.8 Å². The van der Waals surface area contributed by atoms with Crippen LogP contribution in [-0.4, -0.2) is 83.3 Å². The first-order valence-electron chi connectivity index (χ1n) is 10.6. The molecule has 34 heavy (non-hydrogen) atoms. The summed E-state index contributed by atoms with van der Waals surface area (Å²) < 4.78 is 46.3. The quantitative estimate of drug-likeness (QED) is 0.421. The molecule has 10 nitrogen and oxygen atoms in total. The molecule has 1 fully saturated rings. The molecular formula is C22H27FN4O6S. The van der Waals surface area contributed by atoms with Crippen LogP contribution in [0.2, 0.25) is 0 Å². The number of piperazine rings is 1. The van der Waals surface area contributed by atoms with Gasteiger partial charge in [0.05, 0.1) is 35.0 Å². The van der Waals surface area contributed by atoms with Gasteiger partial charge in [-0.25, -0.2) is 17.6 Å². The van der Waals surface area contributed by atoms with Crippen molar-refractivity contribution in [1.82, 2.24) is 10.2 Å². The Labute approximate surface area is 197 Å². The predicted octanol–water partition coefficient (Wildman–Crippen LogP) is 1.21. The molecule has 1 heterocycles. The van der Waals surface area contributed by atoms with Crippen LogP contribution in [0.1, 0.15) is 10.4 Å². The molecule has 0 aromatic heterocycles. The van der Waals surface area contributed by atoms with E-state index in [2.05, 4.69) is 10.0 Å². The number of carboxylic acids is 1. The molecular weight excluding hydrogens is 467 g/mol. The zero-order valence-corrected chi connectivity index (χ0v) is 19.5. The summed E-state index contributed by atoms with van der Waals surface area (Å²) in [5.41, 5.74) is 0.543. The van der Waals surface area contributed by atoms with Gasteiger partial charge >= 0.3 is 5.97 Å². The van der Waals surface area contributed by atoms with Gasteiger partial charge in [-0.1, -0.05) is 0 Å². The highest BCUT2D eigenvalue weighted by molar-refractivity contribution is 7.92. The van der Waals surface area contributed by atoms with E-state index in [4.69, 9.17) is 4.74 Å². The summed E-state index contributed by atoms with van der Waals surface area (Å²) in [6, 6.07) is 8.56. The highest BCUT2D eigenvalue weighted by Gasteiger charge is 2.24. The largest absolute Gasteiger partial charge is 0.478 e. The Hall–Kier alpha value is -3.22. The van der Waals surface area contributed by atoms with E-state index in [1.54, 1.807) is 13.2 Å². The number of benzene rings is 2. The van der Waals surface area contributed by atoms with Gasteiger partial charge in [-0.2, -0.15) is 0 Å². The number of carbonyl (C=O) groups excluding carboxylic acids is 1. The van der Waals surface area contributed by atoms with Gasteiger partial charge in [0.2, 0.25) is 5.91 Å². The van der Waals surface area contributed by atoms with Crippen LogP contribution in [0.3, 0.4) is 0 Å². The number of halogens is 1. The third-order valence-electron chi connectivity index (χ3n) is 5.32. The fourth-order valence-corrected chi connectivity index (χ4v) is 4.61. The van der Waals surface area contributed by atoms with Crippen LogP contribution in [0.15, 0.2) is 47.4 Å². The maximum Gasteiger partial charge on any atom is 0.335 e. The fourth-order valence-electron chi connectivity index (χ4n) is 3.54. The molecule has 0 saturated carbocycles. The molecule has 1 aliphatic rings. The van der Waals surface area contributed by atoms with E-state index >= 15 is 0 Å². The third-order valence-corrected chi connectivity index (χ3v) is 6.70. The zero-order valence-electron chi connectivity index (χ0n) is 18.7. The number of methoxy groups -OCH3 is 1. The van der Waals surface area contributed by atoms with E-state index in [1.807, 2.05) is 9.80 Å². The Kier molecular flexibility index (Phi) is 8.42. The molecule has 0 bridgehead atoms. The number of amides is 1. The van der Waals surface area contributed by atoms with Crippen LogP contribution >= 0.6 is 0 Å². The molecule has 0 aliphatic carbocycles. The van der Waals surface area contributed by atoms with Crippen molar-refractivity contribution in [2.24, 2.45) is 0 Å². The summed E-state index contributed by atoms with van der Waals surface area (Å²) in [4.78, 5) is 27.3. The van der Waals surface area contributed by atoms with E-state index in [-0.39, 0.29) is 28.6 Å². The molecule has 1 aliphatic heterocycles. The zero-order chi connectivity index (χ0) is 24.7. The van der Waals surface area contributed by atoms with Gasteiger partial charge in [-0.05, 0) is 42.5 Å². The molecule has 0 atom stereocenters. The van der Waals surface area contributed by atoms with Gasteiger partial charge in [0, 0.05) is 39.8 Å². The van der Waals surface area contributed by atoms with E-state index in [1.165, 1.54) is 12.1 Å². The summed E-state index contributed by atoms with van der Waals surface area (Å²) >= 11 is 0. The lowest BCUT2D eigenvalue weighted by atomic mass is 10.1. The Morgan fingerprint density at radius 2 is 1.76 bits per heavy atom. The Morgan fingerprint density at radius 1 is 1.09 bits per heavy atom. The average molecular weight is 495 g/mol. The number of sulfonamides is 1. The number of aromatic carboxylic acids is 1. The molecule has 0 radical (unpaired) electrons. The second-order valence-corrected chi connectivity index (χ2v) is 9.38. The van der Waals surface area contributed by atoms with Gasteiger partial charge < -0.3 is 20.1 Å². The Morgan fingerprint density at radius 3 is 2.38 bits per heavy atom. The maximum atomic E-state index is 13.2. The molecule has 1 amide bonds. The van der Waals surface area contributed by atoms with Crippen molar-refractivity contribution < 1.29 is 32.2 Å². The first-order valence-corrected chi connectivity index (χ1v) is 12.1. The molecule has 3 rings (SSSR count). The minimum Gasteiger partial charge on any atom is -0.478 e. The molecule has 184 valence electrons. The average Bonchev–Trinajstić information content (AvgIpc) is 2.80. The summed E-state index contributed by atoms with van der Waals surface area (Å²) in [7, 11) is -2.52. The Balaban J connectivity index is 1.74. The van der Waals surface area contributed by atoms with Gasteiger partial charge in [-0.3, -0.25) is 14.4 Å². The van der Waals surface area contributed by atoms with E-state index in [0.29, 0.717) is 45.0 Å². The van der Waals surface area contributed by atoms with Crippen molar-refractivity contribution in [2.45, 2.75) is 4.90 Å². The molecule has 1 saturated heterocycles. The maximum absolute atomic E-state index is 13.2. The second-order valence-electron chi connectivity index (χ2n) is 7.70. The number of nitrogens with one attached hydrogen (secondary N) is 2. The number of rotatable bonds is 10. The number of carbonyl (C=O) groups is 2.